The van der Waals surface area contributed by atoms with E-state index in [1.165, 1.54) is 0 Å². The van der Waals surface area contributed by atoms with Crippen molar-refractivity contribution < 1.29 is 44.8 Å². The first kappa shape index (κ1) is 21.3. The Morgan fingerprint density at radius 1 is 1.30 bits per heavy atom. The van der Waals surface area contributed by atoms with Gasteiger partial charge in [-0.3, -0.25) is 4.79 Å². The molecule has 0 radical (unpaired) electrons. The lowest BCUT2D eigenvalue weighted by atomic mass is 9.85. The van der Waals surface area contributed by atoms with Crippen LogP contribution in [0.4, 0.5) is 18.0 Å². The summed E-state index contributed by atoms with van der Waals surface area (Å²) in [4.78, 5) is 23.3. The van der Waals surface area contributed by atoms with Crippen LogP contribution in [0.15, 0.2) is 11.8 Å². The molecule has 1 aliphatic heterocycles. The second kappa shape index (κ2) is 6.88. The number of amides is 1. The monoisotopic (exact) mass is 415 g/mol. The molecule has 1 aliphatic carbocycles. The summed E-state index contributed by atoms with van der Waals surface area (Å²) in [6.07, 6.45) is 0.450. The standard InChI is InChI=1S/C15H20F3NO7S/c1-13(2,3)25-12(21)19-9-4-6-14(7-5-11(20)24-14)8-10(9)26-27(22,23)15(16,17)18/h8-9H,4-7H2,1-3H3,(H,19,21)/t9-,14?/m1/s1. The summed E-state index contributed by atoms with van der Waals surface area (Å²) in [7, 11) is -5.96. The highest BCUT2D eigenvalue weighted by Gasteiger charge is 2.51. The van der Waals surface area contributed by atoms with E-state index in [0.29, 0.717) is 0 Å². The Morgan fingerprint density at radius 3 is 2.41 bits per heavy atom. The Hall–Kier alpha value is -1.98. The molecule has 0 bridgehead atoms. The number of hydrogen-bond donors (Lipinski definition) is 1. The molecule has 1 spiro atoms. The molecule has 1 heterocycles. The van der Waals surface area contributed by atoms with E-state index in [2.05, 4.69) is 9.50 Å². The second-order valence-corrected chi connectivity index (χ2v) is 8.84. The fourth-order valence-corrected chi connectivity index (χ4v) is 3.24. The maximum Gasteiger partial charge on any atom is 0.534 e. The number of halogens is 3. The molecule has 1 N–H and O–H groups in total. The molecule has 0 aromatic heterocycles. The quantitative estimate of drug-likeness (QED) is 0.429. The highest BCUT2D eigenvalue weighted by atomic mass is 32.2. The number of carbonyl (C=O) groups is 2. The summed E-state index contributed by atoms with van der Waals surface area (Å²) in [6.45, 7) is 4.76. The number of rotatable bonds is 3. The fraction of sp³-hybridized carbons (Fsp3) is 0.733. The predicted molar refractivity (Wildman–Crippen MR) is 84.6 cm³/mol. The number of alkyl halides is 3. The highest BCUT2D eigenvalue weighted by Crippen LogP contribution is 2.40. The van der Waals surface area contributed by atoms with E-state index in [9.17, 15) is 31.2 Å². The van der Waals surface area contributed by atoms with Crippen LogP contribution in [-0.4, -0.2) is 43.2 Å². The Kier molecular flexibility index (Phi) is 5.43. The lowest BCUT2D eigenvalue weighted by Gasteiger charge is -2.34. The van der Waals surface area contributed by atoms with Crippen LogP contribution in [0.5, 0.6) is 0 Å². The van der Waals surface area contributed by atoms with Crippen LogP contribution in [0.3, 0.4) is 0 Å². The third-order valence-electron chi connectivity index (χ3n) is 3.85. The van der Waals surface area contributed by atoms with Crippen LogP contribution < -0.4 is 5.32 Å². The maximum atomic E-state index is 12.7. The Labute approximate surface area is 154 Å². The average Bonchev–Trinajstić information content (AvgIpc) is 2.79. The minimum absolute atomic E-state index is 0.00820. The maximum absolute atomic E-state index is 12.7. The third-order valence-corrected chi connectivity index (χ3v) is 4.83. The molecule has 154 valence electrons. The van der Waals surface area contributed by atoms with Crippen molar-refractivity contribution in [3.63, 3.8) is 0 Å². The number of alkyl carbamates (subject to hydrolysis) is 1. The molecule has 27 heavy (non-hydrogen) atoms. The molecule has 8 nitrogen and oxygen atoms in total. The molecule has 12 heteroatoms. The number of ether oxygens (including phenoxy) is 2. The normalized spacial score (nSPS) is 26.4. The molecular weight excluding hydrogens is 395 g/mol. The lowest BCUT2D eigenvalue weighted by Crippen LogP contribution is -2.46. The molecular formula is C15H20F3NO7S. The average molecular weight is 415 g/mol. The molecule has 1 amide bonds. The number of esters is 1. The molecule has 0 saturated carbocycles. The largest absolute Gasteiger partial charge is 0.534 e. The molecule has 2 atom stereocenters. The summed E-state index contributed by atoms with van der Waals surface area (Å²) >= 11 is 0. The van der Waals surface area contributed by atoms with Crippen LogP contribution in [0.1, 0.15) is 46.5 Å². The van der Waals surface area contributed by atoms with Crippen LogP contribution in [0.25, 0.3) is 0 Å². The zero-order valence-electron chi connectivity index (χ0n) is 14.9. The fourth-order valence-electron chi connectivity index (χ4n) is 2.73. The van der Waals surface area contributed by atoms with Gasteiger partial charge >= 0.3 is 27.7 Å². The SMILES string of the molecule is CC(C)(C)OC(=O)N[C@@H]1CCC2(C=C1OS(=O)(=O)C(F)(F)F)CCC(=O)O2. The van der Waals surface area contributed by atoms with Crippen molar-refractivity contribution in [2.45, 2.75) is 69.2 Å². The minimum Gasteiger partial charge on any atom is -0.455 e. The van der Waals surface area contributed by atoms with E-state index in [1.807, 2.05) is 0 Å². The lowest BCUT2D eigenvalue weighted by molar-refractivity contribution is -0.146. The van der Waals surface area contributed by atoms with Gasteiger partial charge in [0.2, 0.25) is 0 Å². The molecule has 0 aromatic carbocycles. The first-order valence-electron chi connectivity index (χ1n) is 8.07. The Morgan fingerprint density at radius 2 is 1.93 bits per heavy atom. The first-order valence-corrected chi connectivity index (χ1v) is 9.48. The smallest absolute Gasteiger partial charge is 0.455 e. The molecule has 1 fully saturated rings. The van der Waals surface area contributed by atoms with E-state index in [0.717, 1.165) is 6.08 Å². The van der Waals surface area contributed by atoms with Crippen molar-refractivity contribution in [1.29, 1.82) is 0 Å². The molecule has 1 unspecified atom stereocenters. The topological polar surface area (TPSA) is 108 Å². The van der Waals surface area contributed by atoms with Crippen LogP contribution in [0.2, 0.25) is 0 Å². The van der Waals surface area contributed by atoms with Crippen molar-refractivity contribution in [3.8, 4) is 0 Å². The van der Waals surface area contributed by atoms with Crippen molar-refractivity contribution in [2.24, 2.45) is 0 Å². The van der Waals surface area contributed by atoms with Gasteiger partial charge in [-0.15, -0.1) is 0 Å². The Balaban J connectivity index is 2.29. The molecule has 0 aromatic rings. The first-order chi connectivity index (χ1) is 12.1. The summed E-state index contributed by atoms with van der Waals surface area (Å²) < 4.78 is 75.3. The van der Waals surface area contributed by atoms with Gasteiger partial charge in [0.25, 0.3) is 0 Å². The van der Waals surface area contributed by atoms with Gasteiger partial charge in [-0.25, -0.2) is 4.79 Å². The summed E-state index contributed by atoms with van der Waals surface area (Å²) in [5.74, 6) is -1.22. The van der Waals surface area contributed by atoms with Crippen molar-refractivity contribution in [1.82, 2.24) is 5.32 Å². The van der Waals surface area contributed by atoms with Gasteiger partial charge in [0.15, 0.2) is 0 Å². The summed E-state index contributed by atoms with van der Waals surface area (Å²) in [6, 6.07) is -1.19. The van der Waals surface area contributed by atoms with E-state index < -0.39 is 50.7 Å². The van der Waals surface area contributed by atoms with E-state index in [-0.39, 0.29) is 25.7 Å². The third kappa shape index (κ3) is 5.27. The number of carbonyl (C=O) groups excluding carboxylic acids is 2. The zero-order chi connectivity index (χ0) is 20.7. The van der Waals surface area contributed by atoms with Gasteiger partial charge in [0.05, 0.1) is 6.04 Å². The number of hydrogen-bond acceptors (Lipinski definition) is 7. The van der Waals surface area contributed by atoms with Crippen molar-refractivity contribution in [2.75, 3.05) is 0 Å². The number of nitrogens with one attached hydrogen (secondary N) is 1. The second-order valence-electron chi connectivity index (χ2n) is 7.31. The van der Waals surface area contributed by atoms with Crippen LogP contribution in [0, 0.1) is 0 Å². The van der Waals surface area contributed by atoms with Crippen LogP contribution >= 0.6 is 0 Å². The summed E-state index contributed by atoms with van der Waals surface area (Å²) in [5.41, 5.74) is -7.77. The molecule has 2 aliphatic rings. The van der Waals surface area contributed by atoms with Crippen molar-refractivity contribution in [3.05, 3.63) is 11.8 Å². The van der Waals surface area contributed by atoms with Gasteiger partial charge in [0.1, 0.15) is 17.0 Å². The highest BCUT2D eigenvalue weighted by molar-refractivity contribution is 7.87. The van der Waals surface area contributed by atoms with Crippen LogP contribution in [-0.2, 0) is 28.6 Å². The molecule has 1 saturated heterocycles. The predicted octanol–water partition coefficient (Wildman–Crippen LogP) is 2.50. The van der Waals surface area contributed by atoms with E-state index in [4.69, 9.17) is 9.47 Å². The summed E-state index contributed by atoms with van der Waals surface area (Å²) in [5, 5.41) is 2.29. The van der Waals surface area contributed by atoms with Gasteiger partial charge in [-0.1, -0.05) is 0 Å². The molecule has 2 rings (SSSR count). The van der Waals surface area contributed by atoms with Gasteiger partial charge in [-0.2, -0.15) is 21.6 Å². The van der Waals surface area contributed by atoms with Gasteiger partial charge in [0, 0.05) is 18.9 Å². The zero-order valence-corrected chi connectivity index (χ0v) is 15.7. The van der Waals surface area contributed by atoms with E-state index in [1.54, 1.807) is 20.8 Å². The minimum atomic E-state index is -5.96. The Bertz CT molecular complexity index is 754. The van der Waals surface area contributed by atoms with Crippen molar-refractivity contribution >= 4 is 22.2 Å². The van der Waals surface area contributed by atoms with Gasteiger partial charge in [-0.05, 0) is 33.6 Å². The van der Waals surface area contributed by atoms with E-state index >= 15 is 0 Å². The van der Waals surface area contributed by atoms with Gasteiger partial charge < -0.3 is 19.0 Å².